The zero-order valence-electron chi connectivity index (χ0n) is 11.9. The molecule has 1 saturated heterocycles. The van der Waals surface area contributed by atoms with Crippen LogP contribution in [0, 0.1) is 11.3 Å². The maximum Gasteiger partial charge on any atom is 0.406 e. The van der Waals surface area contributed by atoms with Crippen molar-refractivity contribution < 1.29 is 27.8 Å². The molecule has 4 nitrogen and oxygen atoms in total. The van der Waals surface area contributed by atoms with Crippen LogP contribution in [0.25, 0.3) is 0 Å². The van der Waals surface area contributed by atoms with Crippen molar-refractivity contribution >= 4 is 5.97 Å². The lowest BCUT2D eigenvalue weighted by atomic mass is 9.86. The molecule has 0 aromatic heterocycles. The summed E-state index contributed by atoms with van der Waals surface area (Å²) in [7, 11) is 0. The Morgan fingerprint density at radius 3 is 2.50 bits per heavy atom. The van der Waals surface area contributed by atoms with Gasteiger partial charge in [-0.25, -0.2) is 0 Å². The molecule has 20 heavy (non-hydrogen) atoms. The van der Waals surface area contributed by atoms with E-state index in [2.05, 4.69) is 13.8 Å². The van der Waals surface area contributed by atoms with Crippen LogP contribution in [0.15, 0.2) is 0 Å². The summed E-state index contributed by atoms with van der Waals surface area (Å²) < 4.78 is 44.1. The quantitative estimate of drug-likeness (QED) is 0.733. The molecule has 1 unspecified atom stereocenters. The third kappa shape index (κ3) is 4.09. The van der Waals surface area contributed by atoms with Gasteiger partial charge in [0, 0.05) is 19.7 Å². The van der Waals surface area contributed by atoms with E-state index in [1.165, 1.54) is 4.90 Å². The van der Waals surface area contributed by atoms with Gasteiger partial charge >= 0.3 is 12.1 Å². The highest BCUT2D eigenvalue weighted by Crippen LogP contribution is 2.45. The molecule has 1 atom stereocenters. The van der Waals surface area contributed by atoms with Gasteiger partial charge in [-0.2, -0.15) is 13.2 Å². The first-order valence-electron chi connectivity index (χ1n) is 6.79. The van der Waals surface area contributed by atoms with Crippen molar-refractivity contribution in [3.63, 3.8) is 0 Å². The number of aliphatic carboxylic acids is 1. The molecule has 0 spiro atoms. The SMILES string of the molecule is CC(C)CCOCCN1CCC(C(=O)O)(C(F)(F)F)C1. The van der Waals surface area contributed by atoms with Crippen LogP contribution < -0.4 is 0 Å². The van der Waals surface area contributed by atoms with E-state index in [9.17, 15) is 18.0 Å². The monoisotopic (exact) mass is 297 g/mol. The van der Waals surface area contributed by atoms with Crippen molar-refractivity contribution in [3.8, 4) is 0 Å². The Morgan fingerprint density at radius 1 is 1.40 bits per heavy atom. The Kier molecular flexibility index (Phi) is 5.82. The number of nitrogens with zero attached hydrogens (tertiary/aromatic N) is 1. The maximum atomic E-state index is 12.9. The predicted octanol–water partition coefficient (Wildman–Crippen LogP) is 2.39. The number of halogens is 3. The normalized spacial score (nSPS) is 24.5. The summed E-state index contributed by atoms with van der Waals surface area (Å²) in [5, 5.41) is 8.91. The van der Waals surface area contributed by atoms with E-state index in [0.29, 0.717) is 25.7 Å². The summed E-state index contributed by atoms with van der Waals surface area (Å²) in [6.07, 6.45) is -4.20. The minimum atomic E-state index is -4.72. The standard InChI is InChI=1S/C13H22F3NO3/c1-10(2)3-7-20-8-6-17-5-4-12(9-17,11(18)19)13(14,15)16/h10H,3-9H2,1-2H3,(H,18,19). The van der Waals surface area contributed by atoms with E-state index in [0.717, 1.165) is 6.42 Å². The van der Waals surface area contributed by atoms with Gasteiger partial charge < -0.3 is 9.84 Å². The Balaban J connectivity index is 2.40. The number of likely N-dealkylation sites (tertiary alicyclic amines) is 1. The van der Waals surface area contributed by atoms with Crippen molar-refractivity contribution in [3.05, 3.63) is 0 Å². The summed E-state index contributed by atoms with van der Waals surface area (Å²) in [5.74, 6) is -1.26. The third-order valence-electron chi connectivity index (χ3n) is 3.69. The average Bonchev–Trinajstić information content (AvgIpc) is 2.73. The second-order valence-corrected chi connectivity index (χ2v) is 5.71. The molecule has 0 radical (unpaired) electrons. The summed E-state index contributed by atoms with van der Waals surface area (Å²) >= 11 is 0. The summed E-state index contributed by atoms with van der Waals surface area (Å²) in [4.78, 5) is 12.5. The van der Waals surface area contributed by atoms with Gasteiger partial charge in [-0.15, -0.1) is 0 Å². The number of carboxylic acid groups (broad SMARTS) is 1. The van der Waals surface area contributed by atoms with Crippen LogP contribution >= 0.6 is 0 Å². The minimum Gasteiger partial charge on any atom is -0.481 e. The summed E-state index contributed by atoms with van der Waals surface area (Å²) in [6.45, 7) is 5.03. The fourth-order valence-electron chi connectivity index (χ4n) is 2.22. The van der Waals surface area contributed by atoms with Gasteiger partial charge in [0.2, 0.25) is 0 Å². The second-order valence-electron chi connectivity index (χ2n) is 5.71. The van der Waals surface area contributed by atoms with Gasteiger partial charge in [0.25, 0.3) is 0 Å². The zero-order chi connectivity index (χ0) is 15.4. The Morgan fingerprint density at radius 2 is 2.05 bits per heavy atom. The Hall–Kier alpha value is -0.820. The molecular formula is C13H22F3NO3. The number of rotatable bonds is 7. The first-order valence-corrected chi connectivity index (χ1v) is 6.79. The highest BCUT2D eigenvalue weighted by atomic mass is 19.4. The van der Waals surface area contributed by atoms with Gasteiger partial charge in [0.15, 0.2) is 5.41 Å². The van der Waals surface area contributed by atoms with Crippen LogP contribution in [-0.4, -0.2) is 55.0 Å². The number of hydrogen-bond acceptors (Lipinski definition) is 3. The summed E-state index contributed by atoms with van der Waals surface area (Å²) in [5.41, 5.74) is -2.62. The van der Waals surface area contributed by atoms with Crippen LogP contribution in [0.2, 0.25) is 0 Å². The Bertz CT molecular complexity index is 333. The van der Waals surface area contributed by atoms with E-state index < -0.39 is 30.5 Å². The van der Waals surface area contributed by atoms with Crippen LogP contribution in [0.4, 0.5) is 13.2 Å². The maximum absolute atomic E-state index is 12.9. The number of ether oxygens (including phenoxy) is 1. The van der Waals surface area contributed by atoms with E-state index in [1.807, 2.05) is 0 Å². The molecule has 1 rings (SSSR count). The molecule has 0 bridgehead atoms. The Labute approximate surface area is 116 Å². The fourth-order valence-corrected chi connectivity index (χ4v) is 2.22. The summed E-state index contributed by atoms with van der Waals surface area (Å²) in [6, 6.07) is 0. The molecular weight excluding hydrogens is 275 g/mol. The average molecular weight is 297 g/mol. The molecule has 0 aromatic rings. The van der Waals surface area contributed by atoms with Gasteiger partial charge in [-0.3, -0.25) is 9.69 Å². The number of alkyl halides is 3. The lowest BCUT2D eigenvalue weighted by molar-refractivity contribution is -0.227. The highest BCUT2D eigenvalue weighted by Gasteiger charge is 2.63. The van der Waals surface area contributed by atoms with Gasteiger partial charge in [0.05, 0.1) is 6.61 Å². The molecule has 1 heterocycles. The molecule has 0 aromatic carbocycles. The molecule has 0 saturated carbocycles. The van der Waals surface area contributed by atoms with Gasteiger partial charge in [0.1, 0.15) is 0 Å². The molecule has 7 heteroatoms. The molecule has 1 aliphatic rings. The predicted molar refractivity (Wildman–Crippen MR) is 67.5 cm³/mol. The van der Waals surface area contributed by atoms with E-state index in [-0.39, 0.29) is 6.54 Å². The fraction of sp³-hybridized carbons (Fsp3) is 0.923. The number of carbonyl (C=O) groups is 1. The van der Waals surface area contributed by atoms with Crippen molar-refractivity contribution in [1.82, 2.24) is 4.90 Å². The first-order chi connectivity index (χ1) is 9.19. The third-order valence-corrected chi connectivity index (χ3v) is 3.69. The molecule has 1 N–H and O–H groups in total. The number of hydrogen-bond donors (Lipinski definition) is 1. The molecule has 0 aliphatic carbocycles. The van der Waals surface area contributed by atoms with Crippen molar-refractivity contribution in [2.75, 3.05) is 32.8 Å². The van der Waals surface area contributed by atoms with Crippen LogP contribution in [-0.2, 0) is 9.53 Å². The minimum absolute atomic E-state index is 0.138. The van der Waals surface area contributed by atoms with Crippen LogP contribution in [0.3, 0.4) is 0 Å². The molecule has 0 amide bonds. The van der Waals surface area contributed by atoms with Gasteiger partial charge in [-0.05, 0) is 25.3 Å². The van der Waals surface area contributed by atoms with Crippen LogP contribution in [0.1, 0.15) is 26.7 Å². The molecule has 1 aliphatic heterocycles. The molecule has 118 valence electrons. The zero-order valence-corrected chi connectivity index (χ0v) is 11.9. The first kappa shape index (κ1) is 17.2. The van der Waals surface area contributed by atoms with Crippen molar-refractivity contribution in [2.24, 2.45) is 11.3 Å². The van der Waals surface area contributed by atoms with E-state index in [1.54, 1.807) is 0 Å². The smallest absolute Gasteiger partial charge is 0.406 e. The lowest BCUT2D eigenvalue weighted by Gasteiger charge is -2.27. The van der Waals surface area contributed by atoms with Gasteiger partial charge in [-0.1, -0.05) is 13.8 Å². The lowest BCUT2D eigenvalue weighted by Crippen LogP contribution is -2.47. The second kappa shape index (κ2) is 6.76. The van der Waals surface area contributed by atoms with Crippen molar-refractivity contribution in [2.45, 2.75) is 32.9 Å². The van der Waals surface area contributed by atoms with Crippen molar-refractivity contribution in [1.29, 1.82) is 0 Å². The van der Waals surface area contributed by atoms with Crippen LogP contribution in [0.5, 0.6) is 0 Å². The number of carboxylic acids is 1. The largest absolute Gasteiger partial charge is 0.481 e. The topological polar surface area (TPSA) is 49.8 Å². The highest BCUT2D eigenvalue weighted by molar-refractivity contribution is 5.76. The van der Waals surface area contributed by atoms with E-state index in [4.69, 9.17) is 9.84 Å². The van der Waals surface area contributed by atoms with E-state index >= 15 is 0 Å². The molecule has 1 fully saturated rings.